The smallest absolute Gasteiger partial charge is 0.265 e. The molecule has 1 unspecified atom stereocenters. The number of nitrogens with one attached hydrogen (secondary N) is 1. The summed E-state index contributed by atoms with van der Waals surface area (Å²) in [5, 5.41) is 4.37. The van der Waals surface area contributed by atoms with Crippen LogP contribution in [0.2, 0.25) is 10.0 Å². The Balaban J connectivity index is 1.55. The first-order valence-corrected chi connectivity index (χ1v) is 12.0. The number of morpholine rings is 1. The van der Waals surface area contributed by atoms with Crippen LogP contribution in [0.3, 0.4) is 0 Å². The molecule has 1 saturated heterocycles. The molecule has 2 amide bonds. The average Bonchev–Trinajstić information content (AvgIpc) is 3.13. The molecule has 6 nitrogen and oxygen atoms in total. The highest BCUT2D eigenvalue weighted by atomic mass is 35.5. The van der Waals surface area contributed by atoms with Crippen LogP contribution in [0.4, 0.5) is 5.00 Å². The Hall–Kier alpha value is -1.80. The molecule has 0 saturated carbocycles. The number of thiophene rings is 1. The molecule has 1 aliphatic heterocycles. The molecule has 1 atom stereocenters. The molecule has 2 aliphatic rings. The maximum absolute atomic E-state index is 13.3. The van der Waals surface area contributed by atoms with E-state index in [0.29, 0.717) is 52.7 Å². The number of halogens is 2. The first-order valence-electron chi connectivity index (χ1n) is 10.4. The quantitative estimate of drug-likeness (QED) is 0.663. The summed E-state index contributed by atoms with van der Waals surface area (Å²) in [6.45, 7) is 3.84. The SMILES string of the molecule is CC(Oc1ccc(Cl)cc1Cl)C(=O)Nc1sc2c(c1C(=O)N1CCOCC1)CCCC2. The van der Waals surface area contributed by atoms with Gasteiger partial charge in [-0.3, -0.25) is 9.59 Å². The summed E-state index contributed by atoms with van der Waals surface area (Å²) in [5.41, 5.74) is 1.71. The molecule has 2 heterocycles. The van der Waals surface area contributed by atoms with Gasteiger partial charge in [-0.15, -0.1) is 11.3 Å². The van der Waals surface area contributed by atoms with Gasteiger partial charge in [-0.05, 0) is 56.4 Å². The number of hydrogen-bond acceptors (Lipinski definition) is 5. The van der Waals surface area contributed by atoms with Gasteiger partial charge < -0.3 is 19.7 Å². The van der Waals surface area contributed by atoms with Gasteiger partial charge in [-0.2, -0.15) is 0 Å². The van der Waals surface area contributed by atoms with Crippen LogP contribution in [0.25, 0.3) is 0 Å². The topological polar surface area (TPSA) is 67.9 Å². The van der Waals surface area contributed by atoms with E-state index < -0.39 is 6.10 Å². The zero-order valence-electron chi connectivity index (χ0n) is 17.2. The van der Waals surface area contributed by atoms with E-state index in [9.17, 15) is 9.59 Å². The van der Waals surface area contributed by atoms with Crippen molar-refractivity contribution < 1.29 is 19.1 Å². The standard InChI is InChI=1S/C22H24Cl2N2O4S/c1-13(30-17-7-6-14(23)12-16(17)24)20(27)25-21-19(15-4-2-3-5-18(15)31-21)22(28)26-8-10-29-11-9-26/h6-7,12-13H,2-5,8-11H2,1H3,(H,25,27). The third kappa shape index (κ3) is 5.00. The van der Waals surface area contributed by atoms with Crippen molar-refractivity contribution in [2.75, 3.05) is 31.6 Å². The van der Waals surface area contributed by atoms with Crippen molar-refractivity contribution in [2.45, 2.75) is 38.7 Å². The number of nitrogens with zero attached hydrogens (tertiary/aromatic N) is 1. The molecule has 1 N–H and O–H groups in total. The fraction of sp³-hybridized carbons (Fsp3) is 0.455. The lowest BCUT2D eigenvalue weighted by Gasteiger charge is -2.28. The van der Waals surface area contributed by atoms with Crippen LogP contribution < -0.4 is 10.1 Å². The summed E-state index contributed by atoms with van der Waals surface area (Å²) >= 11 is 13.6. The maximum Gasteiger partial charge on any atom is 0.265 e. The molecule has 0 radical (unpaired) electrons. The third-order valence-corrected chi connectivity index (χ3v) is 7.22. The van der Waals surface area contributed by atoms with Gasteiger partial charge in [-0.25, -0.2) is 0 Å². The van der Waals surface area contributed by atoms with Crippen molar-refractivity contribution in [1.29, 1.82) is 0 Å². The molecule has 0 bridgehead atoms. The Morgan fingerprint density at radius 2 is 1.94 bits per heavy atom. The predicted molar refractivity (Wildman–Crippen MR) is 123 cm³/mol. The predicted octanol–water partition coefficient (Wildman–Crippen LogP) is 4.81. The minimum atomic E-state index is -0.802. The first-order chi connectivity index (χ1) is 14.9. The maximum atomic E-state index is 13.3. The number of amides is 2. The van der Waals surface area contributed by atoms with Crippen molar-refractivity contribution in [1.82, 2.24) is 4.90 Å². The van der Waals surface area contributed by atoms with E-state index in [2.05, 4.69) is 5.32 Å². The molecule has 166 valence electrons. The summed E-state index contributed by atoms with van der Waals surface area (Å²) in [6, 6.07) is 4.85. The minimum absolute atomic E-state index is 0.0349. The Morgan fingerprint density at radius 1 is 1.19 bits per heavy atom. The highest BCUT2D eigenvalue weighted by molar-refractivity contribution is 7.17. The molecule has 1 fully saturated rings. The normalized spacial score (nSPS) is 17.1. The lowest BCUT2D eigenvalue weighted by molar-refractivity contribution is -0.122. The Kier molecular flexibility index (Phi) is 7.06. The van der Waals surface area contributed by atoms with Crippen LogP contribution in [0.15, 0.2) is 18.2 Å². The van der Waals surface area contributed by atoms with E-state index in [0.717, 1.165) is 31.2 Å². The van der Waals surface area contributed by atoms with Gasteiger partial charge in [0.25, 0.3) is 11.8 Å². The van der Waals surface area contributed by atoms with Crippen molar-refractivity contribution in [3.8, 4) is 5.75 Å². The molecule has 1 aromatic carbocycles. The van der Waals surface area contributed by atoms with Gasteiger partial charge >= 0.3 is 0 Å². The molecule has 4 rings (SSSR count). The molecular formula is C22H24Cl2N2O4S. The number of aryl methyl sites for hydroxylation is 1. The minimum Gasteiger partial charge on any atom is -0.479 e. The summed E-state index contributed by atoms with van der Waals surface area (Å²) in [5.74, 6) is 0.0109. The largest absolute Gasteiger partial charge is 0.479 e. The number of hydrogen-bond donors (Lipinski definition) is 1. The van der Waals surface area contributed by atoms with Crippen LogP contribution in [0.5, 0.6) is 5.75 Å². The molecule has 31 heavy (non-hydrogen) atoms. The van der Waals surface area contributed by atoms with Crippen molar-refractivity contribution in [3.63, 3.8) is 0 Å². The van der Waals surface area contributed by atoms with Crippen LogP contribution >= 0.6 is 34.5 Å². The van der Waals surface area contributed by atoms with Crippen molar-refractivity contribution in [2.24, 2.45) is 0 Å². The molecular weight excluding hydrogens is 459 g/mol. The van der Waals surface area contributed by atoms with Crippen LogP contribution in [0.1, 0.15) is 40.6 Å². The van der Waals surface area contributed by atoms with Gasteiger partial charge in [-0.1, -0.05) is 23.2 Å². The number of fused-ring (bicyclic) bond motifs is 1. The lowest BCUT2D eigenvalue weighted by atomic mass is 9.95. The second kappa shape index (κ2) is 9.77. The van der Waals surface area contributed by atoms with Crippen LogP contribution in [-0.2, 0) is 22.4 Å². The summed E-state index contributed by atoms with van der Waals surface area (Å²) in [4.78, 5) is 29.2. The van der Waals surface area contributed by atoms with E-state index in [4.69, 9.17) is 32.7 Å². The van der Waals surface area contributed by atoms with E-state index in [1.54, 1.807) is 25.1 Å². The zero-order valence-corrected chi connectivity index (χ0v) is 19.5. The van der Waals surface area contributed by atoms with Crippen LogP contribution in [0, 0.1) is 0 Å². The zero-order chi connectivity index (χ0) is 22.0. The second-order valence-corrected chi connectivity index (χ2v) is 9.59. The Bertz CT molecular complexity index is 988. The Morgan fingerprint density at radius 3 is 2.68 bits per heavy atom. The van der Waals surface area contributed by atoms with Gasteiger partial charge in [0, 0.05) is 23.0 Å². The number of ether oxygens (including phenoxy) is 2. The van der Waals surface area contributed by atoms with Crippen molar-refractivity contribution in [3.05, 3.63) is 44.2 Å². The second-order valence-electron chi connectivity index (χ2n) is 7.64. The van der Waals surface area contributed by atoms with E-state index >= 15 is 0 Å². The fourth-order valence-electron chi connectivity index (χ4n) is 3.83. The number of anilines is 1. The first kappa shape index (κ1) is 22.4. The van der Waals surface area contributed by atoms with Gasteiger partial charge in [0.05, 0.1) is 23.8 Å². The van der Waals surface area contributed by atoms with Gasteiger partial charge in [0.1, 0.15) is 10.8 Å². The monoisotopic (exact) mass is 482 g/mol. The third-order valence-electron chi connectivity index (χ3n) is 5.49. The van der Waals surface area contributed by atoms with Crippen LogP contribution in [-0.4, -0.2) is 49.1 Å². The summed E-state index contributed by atoms with van der Waals surface area (Å²) < 4.78 is 11.1. The Labute approximate surface area is 195 Å². The molecule has 1 aliphatic carbocycles. The number of rotatable bonds is 5. The molecule has 1 aromatic heterocycles. The fourth-order valence-corrected chi connectivity index (χ4v) is 5.57. The van der Waals surface area contributed by atoms with E-state index in [1.165, 1.54) is 16.2 Å². The highest BCUT2D eigenvalue weighted by Crippen LogP contribution is 2.39. The lowest BCUT2D eigenvalue weighted by Crippen LogP contribution is -2.41. The van der Waals surface area contributed by atoms with E-state index in [-0.39, 0.29) is 11.8 Å². The summed E-state index contributed by atoms with van der Waals surface area (Å²) in [7, 11) is 0. The van der Waals surface area contributed by atoms with E-state index in [1.807, 2.05) is 4.90 Å². The molecule has 0 spiro atoms. The number of carbonyl (C=O) groups is 2. The van der Waals surface area contributed by atoms with Gasteiger partial charge in [0.15, 0.2) is 6.10 Å². The molecule has 2 aromatic rings. The summed E-state index contributed by atoms with van der Waals surface area (Å²) in [6.07, 6.45) is 3.14. The number of carbonyl (C=O) groups excluding carboxylic acids is 2. The highest BCUT2D eigenvalue weighted by Gasteiger charge is 2.31. The van der Waals surface area contributed by atoms with Crippen molar-refractivity contribution >= 4 is 51.4 Å². The number of benzene rings is 1. The average molecular weight is 483 g/mol. The van der Waals surface area contributed by atoms with Gasteiger partial charge in [0.2, 0.25) is 0 Å². The molecule has 9 heteroatoms.